The number of hydrogen-bond acceptors (Lipinski definition) is 5. The van der Waals surface area contributed by atoms with E-state index in [0.717, 1.165) is 5.56 Å². The van der Waals surface area contributed by atoms with Crippen LogP contribution < -0.4 is 5.73 Å². The second kappa shape index (κ2) is 5.93. The van der Waals surface area contributed by atoms with Crippen LogP contribution in [0, 0.1) is 11.3 Å². The molecule has 0 saturated carbocycles. The molecule has 1 aromatic carbocycles. The van der Waals surface area contributed by atoms with Gasteiger partial charge in [0.2, 0.25) is 5.88 Å². The van der Waals surface area contributed by atoms with Crippen LogP contribution in [0.5, 0.6) is 0 Å². The second-order valence-electron chi connectivity index (χ2n) is 4.14. The van der Waals surface area contributed by atoms with Crippen molar-refractivity contribution in [2.24, 2.45) is 5.73 Å². The Morgan fingerprint density at radius 2 is 2.15 bits per heavy atom. The molecule has 0 aromatic heterocycles. The van der Waals surface area contributed by atoms with Crippen LogP contribution in [0.25, 0.3) is 0 Å². The number of rotatable bonds is 3. The summed E-state index contributed by atoms with van der Waals surface area (Å²) in [7, 11) is 0. The largest absolute Gasteiger partial charge is 0.463 e. The molecule has 2 N–H and O–H groups in total. The number of carbonyl (C=O) groups is 1. The predicted octanol–water partition coefficient (Wildman–Crippen LogP) is 1.94. The first-order valence-electron chi connectivity index (χ1n) is 6.17. The van der Waals surface area contributed by atoms with Crippen LogP contribution >= 0.6 is 0 Å². The van der Waals surface area contributed by atoms with Gasteiger partial charge in [-0.2, -0.15) is 5.26 Å². The minimum absolute atomic E-state index is 0.00871. The molecule has 0 amide bonds. The second-order valence-corrected chi connectivity index (χ2v) is 4.14. The van der Waals surface area contributed by atoms with Gasteiger partial charge in [0.1, 0.15) is 17.9 Å². The fourth-order valence-electron chi connectivity index (χ4n) is 2.05. The lowest BCUT2D eigenvalue weighted by molar-refractivity contribution is -0.139. The van der Waals surface area contributed by atoms with Crippen molar-refractivity contribution in [3.63, 3.8) is 0 Å². The quantitative estimate of drug-likeness (QED) is 0.848. The summed E-state index contributed by atoms with van der Waals surface area (Å²) in [5.74, 6) is -1.06. The van der Waals surface area contributed by atoms with E-state index in [4.69, 9.17) is 15.2 Å². The van der Waals surface area contributed by atoms with Crippen LogP contribution in [0.15, 0.2) is 53.6 Å². The molecule has 0 saturated heterocycles. The highest BCUT2D eigenvalue weighted by Crippen LogP contribution is 2.36. The van der Waals surface area contributed by atoms with Gasteiger partial charge in [0.25, 0.3) is 0 Å². The molecule has 102 valence electrons. The van der Waals surface area contributed by atoms with E-state index in [2.05, 4.69) is 0 Å². The van der Waals surface area contributed by atoms with E-state index in [1.807, 2.05) is 36.4 Å². The van der Waals surface area contributed by atoms with Crippen molar-refractivity contribution < 1.29 is 14.3 Å². The summed E-state index contributed by atoms with van der Waals surface area (Å²) >= 11 is 0. The molecule has 5 heteroatoms. The summed E-state index contributed by atoms with van der Waals surface area (Å²) in [6.07, 6.45) is 1.26. The molecule has 1 aliphatic heterocycles. The number of allylic oxidation sites excluding steroid dienone is 1. The molecule has 1 atom stereocenters. The van der Waals surface area contributed by atoms with Crippen LogP contribution in [0.3, 0.4) is 0 Å². The minimum atomic E-state index is -0.561. The van der Waals surface area contributed by atoms with E-state index in [1.54, 1.807) is 6.92 Å². The van der Waals surface area contributed by atoms with Crippen molar-refractivity contribution in [2.45, 2.75) is 12.8 Å². The molecule has 1 heterocycles. The van der Waals surface area contributed by atoms with E-state index < -0.39 is 11.9 Å². The topological polar surface area (TPSA) is 85.3 Å². The maximum atomic E-state index is 12.0. The number of nitriles is 1. The summed E-state index contributed by atoms with van der Waals surface area (Å²) in [6.45, 7) is 1.97. The van der Waals surface area contributed by atoms with Crippen LogP contribution in [0.2, 0.25) is 0 Å². The zero-order chi connectivity index (χ0) is 14.5. The third kappa shape index (κ3) is 2.50. The van der Waals surface area contributed by atoms with E-state index in [1.165, 1.54) is 6.26 Å². The Morgan fingerprint density at radius 3 is 2.75 bits per heavy atom. The predicted molar refractivity (Wildman–Crippen MR) is 71.8 cm³/mol. The normalized spacial score (nSPS) is 17.8. The highest BCUT2D eigenvalue weighted by atomic mass is 16.5. The van der Waals surface area contributed by atoms with Crippen LogP contribution in [-0.2, 0) is 14.3 Å². The minimum Gasteiger partial charge on any atom is -0.463 e. The summed E-state index contributed by atoms with van der Waals surface area (Å²) in [6, 6.07) is 11.2. The summed E-state index contributed by atoms with van der Waals surface area (Å²) in [5.41, 5.74) is 6.96. The zero-order valence-electron chi connectivity index (χ0n) is 11.0. The zero-order valence-corrected chi connectivity index (χ0v) is 11.0. The number of hydrogen-bond donors (Lipinski definition) is 1. The molecule has 1 aliphatic rings. The van der Waals surface area contributed by atoms with E-state index in [9.17, 15) is 10.1 Å². The summed E-state index contributed by atoms with van der Waals surface area (Å²) in [5, 5.41) is 9.28. The molecular formula is C15H14N2O3. The lowest BCUT2D eigenvalue weighted by atomic mass is 9.84. The number of nitrogens with two attached hydrogens (primary N) is 1. The standard InChI is InChI=1S/C15H14N2O3/c1-2-19-15(18)12-9-20-14(17)11(8-16)13(12)10-6-4-3-5-7-10/h3-7,9,13H,2,17H2,1H3. The Balaban J connectivity index is 2.48. The average Bonchev–Trinajstić information content (AvgIpc) is 2.48. The Morgan fingerprint density at radius 1 is 1.45 bits per heavy atom. The molecule has 5 nitrogen and oxygen atoms in total. The molecule has 1 aromatic rings. The molecular weight excluding hydrogens is 256 g/mol. The first-order valence-corrected chi connectivity index (χ1v) is 6.17. The monoisotopic (exact) mass is 270 g/mol. The maximum absolute atomic E-state index is 12.0. The third-order valence-electron chi connectivity index (χ3n) is 2.94. The van der Waals surface area contributed by atoms with Gasteiger partial charge in [-0.25, -0.2) is 4.79 Å². The van der Waals surface area contributed by atoms with Gasteiger partial charge in [-0.15, -0.1) is 0 Å². The van der Waals surface area contributed by atoms with Crippen LogP contribution in [0.1, 0.15) is 18.4 Å². The average molecular weight is 270 g/mol. The Hall–Kier alpha value is -2.74. The van der Waals surface area contributed by atoms with Gasteiger partial charge in [-0.1, -0.05) is 30.3 Å². The molecule has 0 bridgehead atoms. The van der Waals surface area contributed by atoms with Crippen LogP contribution in [0.4, 0.5) is 0 Å². The first-order chi connectivity index (χ1) is 9.69. The van der Waals surface area contributed by atoms with Crippen molar-refractivity contribution in [1.82, 2.24) is 0 Å². The molecule has 0 radical (unpaired) electrons. The van der Waals surface area contributed by atoms with E-state index >= 15 is 0 Å². The molecule has 1 unspecified atom stereocenters. The number of esters is 1. The number of carbonyl (C=O) groups excluding carboxylic acids is 1. The Bertz CT molecular complexity index is 612. The highest BCUT2D eigenvalue weighted by molar-refractivity contribution is 5.91. The van der Waals surface area contributed by atoms with Gasteiger partial charge in [0.15, 0.2) is 0 Å². The molecule has 2 rings (SSSR count). The smallest absolute Gasteiger partial charge is 0.338 e. The first kappa shape index (κ1) is 13.7. The maximum Gasteiger partial charge on any atom is 0.338 e. The molecule has 20 heavy (non-hydrogen) atoms. The van der Waals surface area contributed by atoms with Crippen molar-refractivity contribution in [1.29, 1.82) is 5.26 Å². The van der Waals surface area contributed by atoms with Crippen LogP contribution in [-0.4, -0.2) is 12.6 Å². The van der Waals surface area contributed by atoms with Gasteiger partial charge in [0.05, 0.1) is 18.1 Å². The van der Waals surface area contributed by atoms with E-state index in [-0.39, 0.29) is 23.6 Å². The number of nitrogens with zero attached hydrogens (tertiary/aromatic N) is 1. The van der Waals surface area contributed by atoms with E-state index in [0.29, 0.717) is 0 Å². The van der Waals surface area contributed by atoms with Gasteiger partial charge in [0, 0.05) is 0 Å². The lowest BCUT2D eigenvalue weighted by Gasteiger charge is -2.23. The number of ether oxygens (including phenoxy) is 2. The van der Waals surface area contributed by atoms with Crippen molar-refractivity contribution in [3.8, 4) is 6.07 Å². The fourth-order valence-corrected chi connectivity index (χ4v) is 2.05. The fraction of sp³-hybridized carbons (Fsp3) is 0.200. The van der Waals surface area contributed by atoms with Crippen molar-refractivity contribution >= 4 is 5.97 Å². The van der Waals surface area contributed by atoms with Gasteiger partial charge < -0.3 is 15.2 Å². The van der Waals surface area contributed by atoms with Gasteiger partial charge >= 0.3 is 5.97 Å². The van der Waals surface area contributed by atoms with Crippen molar-refractivity contribution in [3.05, 3.63) is 59.2 Å². The summed E-state index contributed by atoms with van der Waals surface area (Å²) in [4.78, 5) is 12.0. The molecule has 0 fully saturated rings. The summed E-state index contributed by atoms with van der Waals surface area (Å²) < 4.78 is 10.1. The Kier molecular flexibility index (Phi) is 4.06. The third-order valence-corrected chi connectivity index (χ3v) is 2.94. The van der Waals surface area contributed by atoms with Gasteiger partial charge in [-0.05, 0) is 12.5 Å². The highest BCUT2D eigenvalue weighted by Gasteiger charge is 2.33. The Labute approximate surface area is 116 Å². The van der Waals surface area contributed by atoms with Crippen molar-refractivity contribution in [2.75, 3.05) is 6.61 Å². The molecule has 0 spiro atoms. The number of benzene rings is 1. The lowest BCUT2D eigenvalue weighted by Crippen LogP contribution is -2.23. The SMILES string of the molecule is CCOC(=O)C1=COC(N)=C(C#N)C1c1ccccc1. The molecule has 0 aliphatic carbocycles. The van der Waals surface area contributed by atoms with Gasteiger partial charge in [-0.3, -0.25) is 0 Å².